The van der Waals surface area contributed by atoms with Crippen LogP contribution in [0.4, 0.5) is 0 Å². The zero-order chi connectivity index (χ0) is 13.6. The van der Waals surface area contributed by atoms with Crippen LogP contribution in [0.25, 0.3) is 0 Å². The fourth-order valence-electron chi connectivity index (χ4n) is 2.37. The molecule has 0 atom stereocenters. The first-order chi connectivity index (χ1) is 9.13. The Balaban J connectivity index is 2.33. The van der Waals surface area contributed by atoms with E-state index in [4.69, 9.17) is 4.74 Å². The van der Waals surface area contributed by atoms with E-state index < -0.39 is 0 Å². The van der Waals surface area contributed by atoms with Crippen molar-refractivity contribution in [1.29, 1.82) is 0 Å². The van der Waals surface area contributed by atoms with Gasteiger partial charge in [0, 0.05) is 22.8 Å². The number of nitrogens with zero attached hydrogens (tertiary/aromatic N) is 1. The second-order valence-electron chi connectivity index (χ2n) is 4.38. The van der Waals surface area contributed by atoms with Gasteiger partial charge in [0.15, 0.2) is 11.6 Å². The summed E-state index contributed by atoms with van der Waals surface area (Å²) in [6.07, 6.45) is 0. The maximum atomic E-state index is 12.4. The van der Waals surface area contributed by atoms with Crippen molar-refractivity contribution in [2.24, 2.45) is 0 Å². The second-order valence-corrected chi connectivity index (χ2v) is 4.38. The highest BCUT2D eigenvalue weighted by Gasteiger charge is 2.31. The van der Waals surface area contributed by atoms with Crippen molar-refractivity contribution in [3.8, 4) is 5.88 Å². The quantitative estimate of drug-likeness (QED) is 0.667. The number of ether oxygens (including phenoxy) is 1. The molecule has 0 saturated carbocycles. The summed E-state index contributed by atoms with van der Waals surface area (Å²) in [4.78, 5) is 29.0. The zero-order valence-corrected chi connectivity index (χ0v) is 10.6. The van der Waals surface area contributed by atoms with Crippen LogP contribution >= 0.6 is 0 Å². The Kier molecular flexibility index (Phi) is 2.45. The van der Waals surface area contributed by atoms with E-state index in [-0.39, 0.29) is 11.6 Å². The largest absolute Gasteiger partial charge is 0.481 e. The van der Waals surface area contributed by atoms with Gasteiger partial charge in [-0.15, -0.1) is 0 Å². The molecule has 0 bridgehead atoms. The second kappa shape index (κ2) is 4.02. The molecule has 94 valence electrons. The van der Waals surface area contributed by atoms with E-state index in [9.17, 15) is 9.59 Å². The summed E-state index contributed by atoms with van der Waals surface area (Å²) in [5, 5.41) is 0. The van der Waals surface area contributed by atoms with Crippen LogP contribution in [0, 0.1) is 6.92 Å². The molecule has 0 aliphatic heterocycles. The Labute approximate surface area is 110 Å². The van der Waals surface area contributed by atoms with E-state index in [2.05, 4.69) is 4.98 Å². The Morgan fingerprint density at radius 2 is 1.63 bits per heavy atom. The van der Waals surface area contributed by atoms with Crippen molar-refractivity contribution in [3.05, 3.63) is 58.3 Å². The monoisotopic (exact) mass is 253 g/mol. The van der Waals surface area contributed by atoms with E-state index in [0.29, 0.717) is 33.8 Å². The minimum absolute atomic E-state index is 0.155. The molecular weight excluding hydrogens is 242 g/mol. The van der Waals surface area contributed by atoms with Crippen LogP contribution in [0.5, 0.6) is 5.88 Å². The molecule has 1 aromatic carbocycles. The third-order valence-corrected chi connectivity index (χ3v) is 3.27. The Hall–Kier alpha value is -2.49. The number of aromatic nitrogens is 1. The van der Waals surface area contributed by atoms with Gasteiger partial charge in [-0.05, 0) is 6.92 Å². The summed E-state index contributed by atoms with van der Waals surface area (Å²) in [5.74, 6) is 0.0311. The molecule has 0 spiro atoms. The van der Waals surface area contributed by atoms with Gasteiger partial charge in [0.05, 0.1) is 18.4 Å². The number of carbonyl (C=O) groups is 2. The Bertz CT molecular complexity index is 719. The normalized spacial score (nSPS) is 12.9. The minimum atomic E-state index is -0.158. The molecule has 0 unspecified atom stereocenters. The molecule has 0 radical (unpaired) electrons. The average Bonchev–Trinajstić information content (AvgIpc) is 2.44. The molecule has 0 amide bonds. The molecule has 0 fully saturated rings. The van der Waals surface area contributed by atoms with E-state index >= 15 is 0 Å². The molecule has 1 aliphatic rings. The molecule has 3 rings (SSSR count). The molecule has 19 heavy (non-hydrogen) atoms. The lowest BCUT2D eigenvalue weighted by atomic mass is 9.84. The summed E-state index contributed by atoms with van der Waals surface area (Å²) in [7, 11) is 1.48. The minimum Gasteiger partial charge on any atom is -0.481 e. The van der Waals surface area contributed by atoms with E-state index in [1.807, 2.05) is 0 Å². The van der Waals surface area contributed by atoms with Crippen LogP contribution in [0.15, 0.2) is 30.3 Å². The van der Waals surface area contributed by atoms with Gasteiger partial charge in [0.25, 0.3) is 0 Å². The van der Waals surface area contributed by atoms with Crippen molar-refractivity contribution < 1.29 is 14.3 Å². The highest BCUT2D eigenvalue weighted by Crippen LogP contribution is 2.30. The lowest BCUT2D eigenvalue weighted by molar-refractivity contribution is 0.0977. The summed E-state index contributed by atoms with van der Waals surface area (Å²) in [6, 6.07) is 8.36. The molecule has 4 heteroatoms. The van der Waals surface area contributed by atoms with Crippen LogP contribution in [0.3, 0.4) is 0 Å². The van der Waals surface area contributed by atoms with E-state index in [1.54, 1.807) is 31.2 Å². The molecule has 4 nitrogen and oxygen atoms in total. The smallest absolute Gasteiger partial charge is 0.213 e. The fraction of sp³-hybridized carbons (Fsp3) is 0.133. The summed E-state index contributed by atoms with van der Waals surface area (Å²) in [5.41, 5.74) is 2.14. The number of methoxy groups -OCH3 is 1. The van der Waals surface area contributed by atoms with Gasteiger partial charge in [-0.25, -0.2) is 4.98 Å². The number of pyridine rings is 1. The first-order valence-corrected chi connectivity index (χ1v) is 5.87. The molecule has 2 aromatic rings. The molecule has 0 saturated heterocycles. The SMILES string of the molecule is COc1cc2c(c(C)n1)C(=O)c1ccccc1C2=O. The number of ketones is 2. The highest BCUT2D eigenvalue weighted by molar-refractivity contribution is 6.28. The number of fused-ring (bicyclic) bond motifs is 2. The van der Waals surface area contributed by atoms with Crippen molar-refractivity contribution in [2.75, 3.05) is 7.11 Å². The van der Waals surface area contributed by atoms with Crippen LogP contribution < -0.4 is 4.74 Å². The fourth-order valence-corrected chi connectivity index (χ4v) is 2.37. The summed E-state index contributed by atoms with van der Waals surface area (Å²) >= 11 is 0. The van der Waals surface area contributed by atoms with E-state index in [1.165, 1.54) is 13.2 Å². The lowest BCUT2D eigenvalue weighted by Crippen LogP contribution is -2.22. The first-order valence-electron chi connectivity index (χ1n) is 5.87. The number of rotatable bonds is 1. The number of hydrogen-bond acceptors (Lipinski definition) is 4. The average molecular weight is 253 g/mol. The molecule has 0 N–H and O–H groups in total. The summed E-state index contributed by atoms with van der Waals surface area (Å²) < 4.78 is 5.06. The van der Waals surface area contributed by atoms with Gasteiger partial charge in [-0.1, -0.05) is 24.3 Å². The van der Waals surface area contributed by atoms with Crippen molar-refractivity contribution in [1.82, 2.24) is 4.98 Å². The lowest BCUT2D eigenvalue weighted by Gasteiger charge is -2.19. The van der Waals surface area contributed by atoms with Gasteiger partial charge < -0.3 is 4.74 Å². The third-order valence-electron chi connectivity index (χ3n) is 3.27. The number of hydrogen-bond donors (Lipinski definition) is 0. The number of aryl methyl sites for hydroxylation is 1. The summed E-state index contributed by atoms with van der Waals surface area (Å²) in [6.45, 7) is 1.71. The van der Waals surface area contributed by atoms with Gasteiger partial charge in [0.1, 0.15) is 0 Å². The van der Waals surface area contributed by atoms with Crippen LogP contribution in [-0.4, -0.2) is 23.7 Å². The van der Waals surface area contributed by atoms with Crippen LogP contribution in [0.2, 0.25) is 0 Å². The Morgan fingerprint density at radius 3 is 2.26 bits per heavy atom. The third kappa shape index (κ3) is 1.57. The van der Waals surface area contributed by atoms with Crippen molar-refractivity contribution in [3.63, 3.8) is 0 Å². The molecule has 1 aliphatic carbocycles. The van der Waals surface area contributed by atoms with Crippen molar-refractivity contribution >= 4 is 11.6 Å². The van der Waals surface area contributed by atoms with Crippen LogP contribution in [-0.2, 0) is 0 Å². The molecule has 1 aromatic heterocycles. The topological polar surface area (TPSA) is 56.3 Å². The van der Waals surface area contributed by atoms with Crippen molar-refractivity contribution in [2.45, 2.75) is 6.92 Å². The molecular formula is C15H11NO3. The van der Waals surface area contributed by atoms with Gasteiger partial charge in [0.2, 0.25) is 5.88 Å². The van der Waals surface area contributed by atoms with Gasteiger partial charge in [-0.3, -0.25) is 9.59 Å². The predicted octanol–water partition coefficient (Wildman–Crippen LogP) is 2.17. The van der Waals surface area contributed by atoms with Gasteiger partial charge >= 0.3 is 0 Å². The van der Waals surface area contributed by atoms with E-state index in [0.717, 1.165) is 0 Å². The zero-order valence-electron chi connectivity index (χ0n) is 10.6. The standard InChI is InChI=1S/C15H11NO3/c1-8-13-11(7-12(16-8)19-2)14(17)9-5-3-4-6-10(9)15(13)18/h3-7H,1-2H3. The number of benzene rings is 1. The highest BCUT2D eigenvalue weighted by atomic mass is 16.5. The number of carbonyl (C=O) groups excluding carboxylic acids is 2. The first kappa shape index (κ1) is 11.6. The van der Waals surface area contributed by atoms with Crippen LogP contribution in [0.1, 0.15) is 37.5 Å². The van der Waals surface area contributed by atoms with Gasteiger partial charge in [-0.2, -0.15) is 0 Å². The predicted molar refractivity (Wildman–Crippen MR) is 68.8 cm³/mol. The molecule has 1 heterocycles. The maximum Gasteiger partial charge on any atom is 0.213 e. The Morgan fingerprint density at radius 1 is 1.00 bits per heavy atom. The maximum absolute atomic E-state index is 12.4.